The zero-order valence-electron chi connectivity index (χ0n) is 7.15. The van der Waals surface area contributed by atoms with Crippen LogP contribution < -0.4 is 5.73 Å². The van der Waals surface area contributed by atoms with Crippen LogP contribution in [0.2, 0.25) is 0 Å². The van der Waals surface area contributed by atoms with Gasteiger partial charge in [-0.2, -0.15) is 0 Å². The minimum Gasteiger partial charge on any atom is -0.394 e. The molecule has 0 amide bonds. The molecule has 0 radical (unpaired) electrons. The molecule has 0 fully saturated rings. The molecular weight excluding hydrogens is 169 g/mol. The molecule has 0 heterocycles. The first-order chi connectivity index (χ1) is 6.22. The van der Waals surface area contributed by atoms with Crippen LogP contribution in [0.5, 0.6) is 0 Å². The Morgan fingerprint density at radius 3 is 2.54 bits per heavy atom. The highest BCUT2D eigenvalue weighted by Crippen LogP contribution is 2.04. The van der Waals surface area contributed by atoms with Gasteiger partial charge in [-0.15, -0.1) is 0 Å². The van der Waals surface area contributed by atoms with Crippen LogP contribution in [0.15, 0.2) is 30.3 Å². The van der Waals surface area contributed by atoms with E-state index in [2.05, 4.69) is 0 Å². The summed E-state index contributed by atoms with van der Waals surface area (Å²) in [6.07, 6.45) is 3.42. The van der Waals surface area contributed by atoms with Gasteiger partial charge in [-0.3, -0.25) is 0 Å². The first-order valence-electron chi connectivity index (χ1n) is 4.02. The highest BCUT2D eigenvalue weighted by molar-refractivity contribution is 5.49. The number of benzene rings is 1. The Morgan fingerprint density at radius 1 is 1.38 bits per heavy atom. The van der Waals surface area contributed by atoms with E-state index >= 15 is 0 Å². The maximum Gasteiger partial charge on any atom is 0.123 e. The van der Waals surface area contributed by atoms with E-state index in [1.54, 1.807) is 24.3 Å². The minimum absolute atomic E-state index is 0.0856. The van der Waals surface area contributed by atoms with Gasteiger partial charge in [0, 0.05) is 6.04 Å². The number of hydrogen-bond acceptors (Lipinski definition) is 2. The zero-order chi connectivity index (χ0) is 9.68. The number of nitrogens with two attached hydrogens (primary N) is 1. The molecule has 1 atom stereocenters. The maximum atomic E-state index is 12.5. The lowest BCUT2D eigenvalue weighted by Gasteiger charge is -1.99. The fraction of sp³-hybridized carbons (Fsp3) is 0.200. The number of rotatable bonds is 3. The molecule has 0 spiro atoms. The Morgan fingerprint density at radius 2 is 2.00 bits per heavy atom. The molecule has 1 rings (SSSR count). The van der Waals surface area contributed by atoms with Crippen LogP contribution in [0.25, 0.3) is 6.08 Å². The van der Waals surface area contributed by atoms with E-state index in [1.807, 2.05) is 0 Å². The summed E-state index contributed by atoms with van der Waals surface area (Å²) in [7, 11) is 0. The molecule has 0 unspecified atom stereocenters. The molecule has 0 aliphatic rings. The average molecular weight is 181 g/mol. The third kappa shape index (κ3) is 3.36. The molecule has 3 N–H and O–H groups in total. The lowest BCUT2D eigenvalue weighted by Crippen LogP contribution is -2.20. The molecular formula is C10H12FNO. The monoisotopic (exact) mass is 181 g/mol. The van der Waals surface area contributed by atoms with E-state index in [1.165, 1.54) is 12.1 Å². The Kier molecular flexibility index (Phi) is 3.61. The summed E-state index contributed by atoms with van der Waals surface area (Å²) < 4.78 is 12.5. The fourth-order valence-electron chi connectivity index (χ4n) is 0.869. The quantitative estimate of drug-likeness (QED) is 0.735. The second-order valence-corrected chi connectivity index (χ2v) is 2.76. The molecule has 2 nitrogen and oxygen atoms in total. The molecule has 0 saturated carbocycles. The van der Waals surface area contributed by atoms with Crippen molar-refractivity contribution in [2.75, 3.05) is 6.61 Å². The molecule has 0 aliphatic carbocycles. The molecule has 0 bridgehead atoms. The lowest BCUT2D eigenvalue weighted by molar-refractivity contribution is 0.284. The van der Waals surface area contributed by atoms with Gasteiger partial charge in [0.25, 0.3) is 0 Å². The smallest absolute Gasteiger partial charge is 0.123 e. The van der Waals surface area contributed by atoms with Gasteiger partial charge in [0.2, 0.25) is 0 Å². The van der Waals surface area contributed by atoms with Crippen LogP contribution in [-0.2, 0) is 0 Å². The van der Waals surface area contributed by atoms with Crippen LogP contribution in [0.3, 0.4) is 0 Å². The van der Waals surface area contributed by atoms with Crippen molar-refractivity contribution < 1.29 is 9.50 Å². The second-order valence-electron chi connectivity index (χ2n) is 2.76. The Hall–Kier alpha value is -1.19. The van der Waals surface area contributed by atoms with Gasteiger partial charge in [-0.25, -0.2) is 4.39 Å². The topological polar surface area (TPSA) is 46.2 Å². The van der Waals surface area contributed by atoms with Gasteiger partial charge in [0.05, 0.1) is 6.61 Å². The molecule has 1 aromatic carbocycles. The third-order valence-corrected chi connectivity index (χ3v) is 1.62. The highest BCUT2D eigenvalue weighted by Gasteiger charge is 1.93. The van der Waals surface area contributed by atoms with Gasteiger partial charge in [0.1, 0.15) is 5.82 Å². The van der Waals surface area contributed by atoms with Gasteiger partial charge < -0.3 is 10.8 Å². The predicted octanol–water partition coefficient (Wildman–Crippen LogP) is 1.16. The van der Waals surface area contributed by atoms with Crippen molar-refractivity contribution in [3.05, 3.63) is 41.7 Å². The summed E-state index contributed by atoms with van der Waals surface area (Å²) in [5, 5.41) is 8.62. The van der Waals surface area contributed by atoms with Crippen molar-refractivity contribution in [2.24, 2.45) is 5.73 Å². The second kappa shape index (κ2) is 4.74. The van der Waals surface area contributed by atoms with Crippen molar-refractivity contribution >= 4 is 6.08 Å². The number of aliphatic hydroxyl groups excluding tert-OH is 1. The predicted molar refractivity (Wildman–Crippen MR) is 50.5 cm³/mol. The van der Waals surface area contributed by atoms with E-state index < -0.39 is 0 Å². The van der Waals surface area contributed by atoms with Crippen LogP contribution in [0.1, 0.15) is 5.56 Å². The first-order valence-corrected chi connectivity index (χ1v) is 4.02. The summed E-state index contributed by atoms with van der Waals surface area (Å²) in [5.41, 5.74) is 6.31. The van der Waals surface area contributed by atoms with E-state index in [0.29, 0.717) is 0 Å². The van der Waals surface area contributed by atoms with Gasteiger partial charge in [-0.05, 0) is 17.7 Å². The normalized spacial score (nSPS) is 13.5. The summed E-state index contributed by atoms with van der Waals surface area (Å²) in [6.45, 7) is -0.0856. The van der Waals surface area contributed by atoms with Crippen molar-refractivity contribution in [3.63, 3.8) is 0 Å². The zero-order valence-corrected chi connectivity index (χ0v) is 7.15. The van der Waals surface area contributed by atoms with Crippen molar-refractivity contribution in [1.82, 2.24) is 0 Å². The van der Waals surface area contributed by atoms with E-state index in [0.717, 1.165) is 5.56 Å². The standard InChI is InChI=1S/C10H12FNO/c11-9-4-1-8(2-5-9)3-6-10(12)7-13/h1-6,10,13H,7,12H2/b6-3+/t10-/m0/s1. The largest absolute Gasteiger partial charge is 0.394 e. The summed E-state index contributed by atoms with van der Waals surface area (Å²) in [5.74, 6) is -0.261. The Labute approximate surface area is 76.5 Å². The molecule has 13 heavy (non-hydrogen) atoms. The fourth-order valence-corrected chi connectivity index (χ4v) is 0.869. The average Bonchev–Trinajstić information content (AvgIpc) is 2.16. The summed E-state index contributed by atoms with van der Waals surface area (Å²) >= 11 is 0. The van der Waals surface area contributed by atoms with E-state index in [4.69, 9.17) is 10.8 Å². The van der Waals surface area contributed by atoms with Crippen LogP contribution in [-0.4, -0.2) is 17.8 Å². The van der Waals surface area contributed by atoms with Crippen molar-refractivity contribution in [1.29, 1.82) is 0 Å². The van der Waals surface area contributed by atoms with Crippen molar-refractivity contribution in [3.8, 4) is 0 Å². The first kappa shape index (κ1) is 9.89. The molecule has 0 aromatic heterocycles. The SMILES string of the molecule is N[C@@H](/C=C/c1ccc(F)cc1)CO. The third-order valence-electron chi connectivity index (χ3n) is 1.62. The number of halogens is 1. The Bertz CT molecular complexity index is 281. The number of hydrogen-bond donors (Lipinski definition) is 2. The van der Waals surface area contributed by atoms with E-state index in [-0.39, 0.29) is 18.5 Å². The van der Waals surface area contributed by atoms with Crippen LogP contribution >= 0.6 is 0 Å². The van der Waals surface area contributed by atoms with Gasteiger partial charge in [-0.1, -0.05) is 24.3 Å². The Balaban J connectivity index is 2.64. The van der Waals surface area contributed by atoms with E-state index in [9.17, 15) is 4.39 Å². The van der Waals surface area contributed by atoms with Gasteiger partial charge in [0.15, 0.2) is 0 Å². The molecule has 70 valence electrons. The minimum atomic E-state index is -0.356. The lowest BCUT2D eigenvalue weighted by atomic mass is 10.2. The molecule has 0 saturated heterocycles. The maximum absolute atomic E-state index is 12.5. The summed E-state index contributed by atoms with van der Waals surface area (Å²) in [6, 6.07) is 5.70. The molecule has 1 aromatic rings. The molecule has 0 aliphatic heterocycles. The molecule has 3 heteroatoms. The van der Waals surface area contributed by atoms with Crippen LogP contribution in [0.4, 0.5) is 4.39 Å². The van der Waals surface area contributed by atoms with Crippen molar-refractivity contribution in [2.45, 2.75) is 6.04 Å². The van der Waals surface area contributed by atoms with Gasteiger partial charge >= 0.3 is 0 Å². The highest BCUT2D eigenvalue weighted by atomic mass is 19.1. The summed E-state index contributed by atoms with van der Waals surface area (Å²) in [4.78, 5) is 0. The number of aliphatic hydroxyl groups is 1. The van der Waals surface area contributed by atoms with Crippen LogP contribution in [0, 0.1) is 5.82 Å².